The molecule has 1 aliphatic heterocycles. The lowest BCUT2D eigenvalue weighted by atomic mass is 10.0. The summed E-state index contributed by atoms with van der Waals surface area (Å²) in [5.74, 6) is 1.01. The number of hydrogen-bond acceptors (Lipinski definition) is 4. The van der Waals surface area contributed by atoms with Crippen LogP contribution in [0.3, 0.4) is 0 Å². The van der Waals surface area contributed by atoms with Gasteiger partial charge in [-0.25, -0.2) is 0 Å². The highest BCUT2D eigenvalue weighted by atomic mass is 16.5. The summed E-state index contributed by atoms with van der Waals surface area (Å²) in [7, 11) is 0. The molecule has 1 unspecified atom stereocenters. The van der Waals surface area contributed by atoms with E-state index in [2.05, 4.69) is 40.4 Å². The summed E-state index contributed by atoms with van der Waals surface area (Å²) in [6.07, 6.45) is 6.23. The van der Waals surface area contributed by atoms with Crippen LogP contribution in [0.4, 0.5) is 0 Å². The van der Waals surface area contributed by atoms with Gasteiger partial charge in [-0.05, 0) is 23.7 Å². The molecule has 1 aromatic heterocycles. The minimum absolute atomic E-state index is 0.0876. The summed E-state index contributed by atoms with van der Waals surface area (Å²) >= 11 is 0. The molecular weight excluding hydrogens is 238 g/mol. The Balaban J connectivity index is 1.96. The Bertz CT molecular complexity index is 557. The maximum Gasteiger partial charge on any atom is 0.122 e. The molecule has 0 saturated carbocycles. The number of rotatable bonds is 4. The van der Waals surface area contributed by atoms with E-state index in [0.717, 1.165) is 31.0 Å². The molecule has 19 heavy (non-hydrogen) atoms. The van der Waals surface area contributed by atoms with Gasteiger partial charge in [0.15, 0.2) is 0 Å². The predicted octanol–water partition coefficient (Wildman–Crippen LogP) is 2.11. The first kappa shape index (κ1) is 12.1. The quantitative estimate of drug-likeness (QED) is 0.909. The monoisotopic (exact) mass is 255 g/mol. The smallest absolute Gasteiger partial charge is 0.122 e. The normalized spacial score (nSPS) is 14.8. The van der Waals surface area contributed by atoms with Crippen LogP contribution in [0, 0.1) is 0 Å². The van der Waals surface area contributed by atoms with Gasteiger partial charge in [0, 0.05) is 18.8 Å². The first-order valence-corrected chi connectivity index (χ1v) is 6.63. The van der Waals surface area contributed by atoms with Gasteiger partial charge in [-0.2, -0.15) is 0 Å². The van der Waals surface area contributed by atoms with Crippen molar-refractivity contribution < 1.29 is 4.74 Å². The number of aromatic nitrogens is 2. The number of hydrogen-bond donors (Lipinski definition) is 1. The van der Waals surface area contributed by atoms with E-state index in [1.54, 1.807) is 12.4 Å². The first-order valence-electron chi connectivity index (χ1n) is 6.63. The molecule has 0 aliphatic carbocycles. The lowest BCUT2D eigenvalue weighted by molar-refractivity contribution is 0.357. The van der Waals surface area contributed by atoms with Crippen molar-refractivity contribution in [3.05, 3.63) is 53.6 Å². The van der Waals surface area contributed by atoms with E-state index in [1.165, 1.54) is 11.1 Å². The van der Waals surface area contributed by atoms with Crippen LogP contribution >= 0.6 is 0 Å². The minimum Gasteiger partial charge on any atom is -0.493 e. The Morgan fingerprint density at radius 2 is 2.32 bits per heavy atom. The largest absolute Gasteiger partial charge is 0.493 e. The fourth-order valence-electron chi connectivity index (χ4n) is 2.44. The summed E-state index contributed by atoms with van der Waals surface area (Å²) in [5.41, 5.74) is 3.44. The third kappa shape index (κ3) is 2.44. The standard InChI is InChI=1S/C15H17N3O/c1-2-17-15(13-10-16-6-7-18-13)12-3-4-14-11(9-12)5-8-19-14/h3-4,6-7,9-10,15,17H,2,5,8H2,1H3. The van der Waals surface area contributed by atoms with Crippen LogP contribution < -0.4 is 10.1 Å². The fourth-order valence-corrected chi connectivity index (χ4v) is 2.44. The van der Waals surface area contributed by atoms with E-state index >= 15 is 0 Å². The van der Waals surface area contributed by atoms with Crippen molar-refractivity contribution >= 4 is 0 Å². The van der Waals surface area contributed by atoms with E-state index in [1.807, 2.05) is 6.20 Å². The molecule has 0 spiro atoms. The van der Waals surface area contributed by atoms with Crippen molar-refractivity contribution in [3.63, 3.8) is 0 Å². The zero-order valence-electron chi connectivity index (χ0n) is 11.0. The van der Waals surface area contributed by atoms with Crippen LogP contribution in [-0.2, 0) is 6.42 Å². The number of nitrogens with one attached hydrogen (secondary N) is 1. The molecule has 0 saturated heterocycles. The average molecular weight is 255 g/mol. The Morgan fingerprint density at radius 1 is 1.37 bits per heavy atom. The molecule has 1 aliphatic rings. The van der Waals surface area contributed by atoms with Gasteiger partial charge in [-0.15, -0.1) is 0 Å². The molecule has 2 heterocycles. The summed E-state index contributed by atoms with van der Waals surface area (Å²) in [4.78, 5) is 8.57. The molecule has 1 atom stereocenters. The average Bonchev–Trinajstić information content (AvgIpc) is 2.93. The molecule has 2 aromatic rings. The van der Waals surface area contributed by atoms with Crippen LogP contribution in [0.25, 0.3) is 0 Å². The maximum absolute atomic E-state index is 5.55. The van der Waals surface area contributed by atoms with E-state index < -0.39 is 0 Å². The van der Waals surface area contributed by atoms with Crippen molar-refractivity contribution in [3.8, 4) is 5.75 Å². The van der Waals surface area contributed by atoms with Crippen LogP contribution in [0.15, 0.2) is 36.8 Å². The summed E-state index contributed by atoms with van der Waals surface area (Å²) in [5, 5.41) is 3.46. The van der Waals surface area contributed by atoms with Gasteiger partial charge in [0.2, 0.25) is 0 Å². The second-order valence-electron chi connectivity index (χ2n) is 4.59. The highest BCUT2D eigenvalue weighted by molar-refractivity contribution is 5.42. The Morgan fingerprint density at radius 3 is 3.11 bits per heavy atom. The maximum atomic E-state index is 5.55. The Labute approximate surface area is 112 Å². The second kappa shape index (κ2) is 5.36. The molecule has 0 bridgehead atoms. The fraction of sp³-hybridized carbons (Fsp3) is 0.333. The van der Waals surface area contributed by atoms with Gasteiger partial charge in [-0.1, -0.05) is 19.1 Å². The third-order valence-electron chi connectivity index (χ3n) is 3.33. The Kier molecular flexibility index (Phi) is 3.42. The molecular formula is C15H17N3O. The zero-order chi connectivity index (χ0) is 13.1. The molecule has 4 nitrogen and oxygen atoms in total. The third-order valence-corrected chi connectivity index (χ3v) is 3.33. The summed E-state index contributed by atoms with van der Waals surface area (Å²) < 4.78 is 5.55. The molecule has 1 aromatic carbocycles. The van der Waals surface area contributed by atoms with E-state index in [-0.39, 0.29) is 6.04 Å². The van der Waals surface area contributed by atoms with E-state index in [4.69, 9.17) is 4.74 Å². The van der Waals surface area contributed by atoms with Gasteiger partial charge in [0.25, 0.3) is 0 Å². The summed E-state index contributed by atoms with van der Waals surface area (Å²) in [6, 6.07) is 6.46. The van der Waals surface area contributed by atoms with Gasteiger partial charge in [0.1, 0.15) is 5.75 Å². The number of fused-ring (bicyclic) bond motifs is 1. The lowest BCUT2D eigenvalue weighted by Crippen LogP contribution is -2.23. The van der Waals surface area contributed by atoms with Crippen LogP contribution in [0.2, 0.25) is 0 Å². The van der Waals surface area contributed by atoms with Crippen LogP contribution in [-0.4, -0.2) is 23.1 Å². The Hall–Kier alpha value is -1.94. The van der Waals surface area contributed by atoms with Crippen molar-refractivity contribution in [1.82, 2.24) is 15.3 Å². The lowest BCUT2D eigenvalue weighted by Gasteiger charge is -2.18. The van der Waals surface area contributed by atoms with Crippen molar-refractivity contribution in [2.24, 2.45) is 0 Å². The molecule has 0 fully saturated rings. The molecule has 0 radical (unpaired) electrons. The number of ether oxygens (including phenoxy) is 1. The van der Waals surface area contributed by atoms with Crippen LogP contribution in [0.5, 0.6) is 5.75 Å². The molecule has 98 valence electrons. The van der Waals surface area contributed by atoms with Crippen molar-refractivity contribution in [2.45, 2.75) is 19.4 Å². The minimum atomic E-state index is 0.0876. The predicted molar refractivity (Wildman–Crippen MR) is 73.2 cm³/mol. The zero-order valence-corrected chi connectivity index (χ0v) is 11.0. The van der Waals surface area contributed by atoms with E-state index in [0.29, 0.717) is 0 Å². The molecule has 4 heteroatoms. The van der Waals surface area contributed by atoms with Crippen molar-refractivity contribution in [1.29, 1.82) is 0 Å². The number of nitrogens with zero attached hydrogens (tertiary/aromatic N) is 2. The SMILES string of the molecule is CCNC(c1ccc2c(c1)CCO2)c1cnccn1. The first-order chi connectivity index (χ1) is 9.38. The molecule has 3 rings (SSSR count). The van der Waals surface area contributed by atoms with Gasteiger partial charge < -0.3 is 10.1 Å². The number of benzene rings is 1. The van der Waals surface area contributed by atoms with Gasteiger partial charge >= 0.3 is 0 Å². The van der Waals surface area contributed by atoms with E-state index in [9.17, 15) is 0 Å². The van der Waals surface area contributed by atoms with Crippen LogP contribution in [0.1, 0.15) is 29.8 Å². The topological polar surface area (TPSA) is 47.0 Å². The molecule has 1 N–H and O–H groups in total. The highest BCUT2D eigenvalue weighted by Crippen LogP contribution is 2.29. The second-order valence-corrected chi connectivity index (χ2v) is 4.59. The molecule has 0 amide bonds. The van der Waals surface area contributed by atoms with Gasteiger partial charge in [-0.3, -0.25) is 9.97 Å². The highest BCUT2D eigenvalue weighted by Gasteiger charge is 2.18. The van der Waals surface area contributed by atoms with Gasteiger partial charge in [0.05, 0.1) is 24.5 Å². The van der Waals surface area contributed by atoms with Crippen molar-refractivity contribution in [2.75, 3.05) is 13.2 Å². The summed E-state index contributed by atoms with van der Waals surface area (Å²) in [6.45, 7) is 3.77.